The summed E-state index contributed by atoms with van der Waals surface area (Å²) < 4.78 is 0. The van der Waals surface area contributed by atoms with Crippen LogP contribution in [0.5, 0.6) is 0 Å². The van der Waals surface area contributed by atoms with E-state index < -0.39 is 0 Å². The molecule has 6 aliphatic rings. The molecule has 58 valence electrons. The molecule has 0 saturated heterocycles. The van der Waals surface area contributed by atoms with Gasteiger partial charge >= 0.3 is 0 Å². The van der Waals surface area contributed by atoms with Crippen LogP contribution < -0.4 is 5.73 Å². The lowest BCUT2D eigenvalue weighted by molar-refractivity contribution is 0.415. The van der Waals surface area contributed by atoms with Gasteiger partial charge in [0, 0.05) is 0 Å². The van der Waals surface area contributed by atoms with Gasteiger partial charge in [-0.1, -0.05) is 0 Å². The Hall–Kier alpha value is -0.0400. The smallest absolute Gasteiger partial charge is 0.00119 e. The zero-order chi connectivity index (χ0) is 6.96. The topological polar surface area (TPSA) is 26.0 Å². The minimum absolute atomic E-state index is 0.767. The van der Waals surface area contributed by atoms with Gasteiger partial charge in [0.2, 0.25) is 0 Å². The van der Waals surface area contributed by atoms with Gasteiger partial charge in [-0.25, -0.2) is 0 Å². The van der Waals surface area contributed by atoms with Crippen molar-refractivity contribution < 1.29 is 0 Å². The van der Waals surface area contributed by atoms with E-state index in [2.05, 4.69) is 0 Å². The molecule has 2 bridgehead atoms. The first-order chi connectivity index (χ1) is 5.41. The van der Waals surface area contributed by atoms with Gasteiger partial charge in [-0.3, -0.25) is 0 Å². The lowest BCUT2D eigenvalue weighted by Gasteiger charge is -2.09. The van der Waals surface area contributed by atoms with Crippen LogP contribution in [0, 0.1) is 46.8 Å². The molecule has 6 saturated carbocycles. The van der Waals surface area contributed by atoms with Crippen molar-refractivity contribution in [2.45, 2.75) is 6.42 Å². The van der Waals surface area contributed by atoms with Gasteiger partial charge in [0.15, 0.2) is 0 Å². The molecule has 11 heavy (non-hydrogen) atoms. The van der Waals surface area contributed by atoms with Gasteiger partial charge in [-0.05, 0) is 59.8 Å². The van der Waals surface area contributed by atoms with Crippen LogP contribution in [0.25, 0.3) is 0 Å². The van der Waals surface area contributed by atoms with Crippen LogP contribution in [0.4, 0.5) is 0 Å². The van der Waals surface area contributed by atoms with Crippen LogP contribution >= 0.6 is 0 Å². The first kappa shape index (κ1) is 4.86. The molecular weight excluding hydrogens is 134 g/mol. The fourth-order valence-corrected chi connectivity index (χ4v) is 6.28. The number of hydrogen-bond acceptors (Lipinski definition) is 1. The average Bonchev–Trinajstić information content (AvgIpc) is 2.79. The number of hydrogen-bond donors (Lipinski definition) is 1. The Labute approximate surface area is 66.3 Å². The molecule has 0 amide bonds. The summed E-state index contributed by atoms with van der Waals surface area (Å²) in [6.45, 7) is 1.03. The summed E-state index contributed by atoms with van der Waals surface area (Å²) in [4.78, 5) is 0. The predicted molar refractivity (Wildman–Crippen MR) is 40.5 cm³/mol. The average molecular weight is 147 g/mol. The van der Waals surface area contributed by atoms with Crippen molar-refractivity contribution >= 4 is 0 Å². The molecule has 6 unspecified atom stereocenters. The highest BCUT2D eigenvalue weighted by atomic mass is 15.0. The zero-order valence-corrected chi connectivity index (χ0v) is 6.53. The van der Waals surface area contributed by atoms with Crippen molar-refractivity contribution in [1.82, 2.24) is 0 Å². The second-order valence-corrected chi connectivity index (χ2v) is 5.61. The summed E-state index contributed by atoms with van der Waals surface area (Å²) in [6, 6.07) is 0. The largest absolute Gasteiger partial charge is 0.330 e. The SMILES string of the molecule is NCC12C3C4C5CC(C43)C1C52. The van der Waals surface area contributed by atoms with Crippen molar-refractivity contribution in [2.24, 2.45) is 52.6 Å². The van der Waals surface area contributed by atoms with E-state index in [0.717, 1.165) is 29.7 Å². The Morgan fingerprint density at radius 2 is 1.73 bits per heavy atom. The summed E-state index contributed by atoms with van der Waals surface area (Å²) >= 11 is 0. The minimum Gasteiger partial charge on any atom is -0.330 e. The Balaban J connectivity index is 1.85. The van der Waals surface area contributed by atoms with E-state index in [0.29, 0.717) is 0 Å². The van der Waals surface area contributed by atoms with Crippen LogP contribution in [0.2, 0.25) is 0 Å². The highest BCUT2D eigenvalue weighted by molar-refractivity contribution is 5.43. The third kappa shape index (κ3) is 0.225. The monoisotopic (exact) mass is 147 g/mol. The summed E-state index contributed by atoms with van der Waals surface area (Å²) in [6.07, 6.45) is 1.61. The Morgan fingerprint density at radius 1 is 1.09 bits per heavy atom. The maximum Gasteiger partial charge on any atom is -0.00119 e. The quantitative estimate of drug-likeness (QED) is 0.580. The highest BCUT2D eigenvalue weighted by Gasteiger charge is 2.96. The Kier molecular flexibility index (Phi) is 0.421. The third-order valence-electron chi connectivity index (χ3n) is 6.08. The Morgan fingerprint density at radius 3 is 2.00 bits per heavy atom. The van der Waals surface area contributed by atoms with Crippen LogP contribution in [0.15, 0.2) is 0 Å². The molecule has 0 aliphatic heterocycles. The van der Waals surface area contributed by atoms with Crippen LogP contribution in [0.3, 0.4) is 0 Å². The van der Waals surface area contributed by atoms with Crippen LogP contribution in [0.1, 0.15) is 6.42 Å². The second-order valence-electron chi connectivity index (χ2n) is 5.61. The van der Waals surface area contributed by atoms with E-state index >= 15 is 0 Å². The van der Waals surface area contributed by atoms with Crippen molar-refractivity contribution in [3.8, 4) is 0 Å². The summed E-state index contributed by atoms with van der Waals surface area (Å²) in [7, 11) is 0. The molecule has 6 aliphatic carbocycles. The fraction of sp³-hybridized carbons (Fsp3) is 1.00. The lowest BCUT2D eigenvalue weighted by atomic mass is 9.99. The van der Waals surface area contributed by atoms with Crippen molar-refractivity contribution in [1.29, 1.82) is 0 Å². The molecule has 0 radical (unpaired) electrons. The van der Waals surface area contributed by atoms with Crippen LogP contribution in [-0.2, 0) is 0 Å². The van der Waals surface area contributed by atoms with Gasteiger partial charge in [0.05, 0.1) is 0 Å². The van der Waals surface area contributed by atoms with E-state index in [1.807, 2.05) is 0 Å². The maximum atomic E-state index is 5.93. The van der Waals surface area contributed by atoms with E-state index in [1.165, 1.54) is 23.7 Å². The molecular formula is C10H13N. The molecule has 6 rings (SSSR count). The molecule has 0 spiro atoms. The Bertz CT molecular complexity index is 257. The van der Waals surface area contributed by atoms with Crippen molar-refractivity contribution in [3.05, 3.63) is 0 Å². The molecule has 0 aromatic carbocycles. The predicted octanol–water partition coefficient (Wildman–Crippen LogP) is 0.703. The van der Waals surface area contributed by atoms with Crippen LogP contribution in [-0.4, -0.2) is 6.54 Å². The molecule has 0 heterocycles. The molecule has 6 fully saturated rings. The normalized spacial score (nSPS) is 89.7. The molecule has 2 N–H and O–H groups in total. The number of rotatable bonds is 1. The first-order valence-corrected chi connectivity index (χ1v) is 5.11. The lowest BCUT2D eigenvalue weighted by Crippen LogP contribution is -2.19. The standard InChI is InChI=1S/C10H13N/c11-2-10-7-3-1-4(8(7)10)6-5(3)9(6)10/h3-9H,1-2,11H2. The van der Waals surface area contributed by atoms with Gasteiger partial charge in [-0.2, -0.15) is 0 Å². The van der Waals surface area contributed by atoms with E-state index in [1.54, 1.807) is 6.42 Å². The highest BCUT2D eigenvalue weighted by Crippen LogP contribution is 2.99. The first-order valence-electron chi connectivity index (χ1n) is 5.11. The van der Waals surface area contributed by atoms with E-state index in [9.17, 15) is 0 Å². The second kappa shape index (κ2) is 0.953. The summed E-state index contributed by atoms with van der Waals surface area (Å²) in [5, 5.41) is 0. The molecule has 0 aromatic heterocycles. The summed E-state index contributed by atoms with van der Waals surface area (Å²) in [5.41, 5.74) is 6.69. The van der Waals surface area contributed by atoms with Crippen molar-refractivity contribution in [3.63, 3.8) is 0 Å². The third-order valence-corrected chi connectivity index (χ3v) is 6.08. The van der Waals surface area contributed by atoms with Crippen molar-refractivity contribution in [2.75, 3.05) is 6.54 Å². The molecule has 1 nitrogen and oxygen atoms in total. The summed E-state index contributed by atoms with van der Waals surface area (Å²) in [5.74, 6) is 8.24. The minimum atomic E-state index is 0.767. The zero-order valence-electron chi connectivity index (χ0n) is 6.53. The van der Waals surface area contributed by atoms with E-state index in [-0.39, 0.29) is 0 Å². The molecule has 6 atom stereocenters. The van der Waals surface area contributed by atoms with Gasteiger partial charge in [0.1, 0.15) is 0 Å². The fourth-order valence-electron chi connectivity index (χ4n) is 6.28. The molecule has 0 aromatic rings. The molecule has 1 heteroatoms. The maximum absolute atomic E-state index is 5.93. The number of nitrogens with two attached hydrogens (primary N) is 1. The van der Waals surface area contributed by atoms with Gasteiger partial charge in [0.25, 0.3) is 0 Å². The van der Waals surface area contributed by atoms with E-state index in [4.69, 9.17) is 5.73 Å². The van der Waals surface area contributed by atoms with Gasteiger partial charge in [-0.15, -0.1) is 0 Å². The van der Waals surface area contributed by atoms with Gasteiger partial charge < -0.3 is 5.73 Å².